The van der Waals surface area contributed by atoms with E-state index in [9.17, 15) is 9.59 Å². The fraction of sp³-hybridized carbons (Fsp3) is 0.462. The molecule has 6 unspecified atom stereocenters. The summed E-state index contributed by atoms with van der Waals surface area (Å²) in [5.41, 5.74) is 1.04. The Morgan fingerprint density at radius 3 is 1.84 bits per heavy atom. The molecule has 3 aliphatic rings. The molecule has 162 valence electrons. The van der Waals surface area contributed by atoms with E-state index in [-0.39, 0.29) is 11.9 Å². The lowest BCUT2D eigenvalue weighted by Gasteiger charge is -2.46. The second-order valence-electron chi connectivity index (χ2n) is 9.05. The van der Waals surface area contributed by atoms with Gasteiger partial charge >= 0.3 is 11.9 Å². The summed E-state index contributed by atoms with van der Waals surface area (Å²) in [6.07, 6.45) is 2.87. The Hall–Kier alpha value is -2.66. The molecule has 0 spiro atoms. The number of carbonyl (C=O) groups excluding carboxylic acids is 2. The van der Waals surface area contributed by atoms with Crippen LogP contribution in [0.15, 0.2) is 60.7 Å². The fourth-order valence-corrected chi connectivity index (χ4v) is 5.72. The summed E-state index contributed by atoms with van der Waals surface area (Å²) < 4.78 is 17.7. The van der Waals surface area contributed by atoms with Crippen LogP contribution < -0.4 is 0 Å². The molecule has 5 nitrogen and oxygen atoms in total. The number of hydrogen-bond donors (Lipinski definition) is 0. The molecule has 0 N–H and O–H groups in total. The van der Waals surface area contributed by atoms with Crippen LogP contribution in [0.4, 0.5) is 0 Å². The molecule has 6 atom stereocenters. The van der Waals surface area contributed by atoms with Crippen molar-refractivity contribution in [2.24, 2.45) is 23.7 Å². The number of carbonyl (C=O) groups is 2. The molecule has 0 aromatic heterocycles. The van der Waals surface area contributed by atoms with Crippen molar-refractivity contribution in [2.45, 2.75) is 37.9 Å². The summed E-state index contributed by atoms with van der Waals surface area (Å²) in [7, 11) is 0. The van der Waals surface area contributed by atoms with Crippen LogP contribution in [0.25, 0.3) is 0 Å². The van der Waals surface area contributed by atoms with E-state index in [0.29, 0.717) is 34.8 Å². The first kappa shape index (κ1) is 20.3. The molecule has 3 fully saturated rings. The molecule has 2 aliphatic carbocycles. The zero-order valence-corrected chi connectivity index (χ0v) is 17.5. The number of rotatable bonds is 4. The molecule has 31 heavy (non-hydrogen) atoms. The van der Waals surface area contributed by atoms with Gasteiger partial charge in [-0.05, 0) is 73.6 Å². The SMILES string of the molecule is O=C(OC1CC2CCC3COCC3C2CC1OC(=O)c1ccccc1)c1ccccc1. The van der Waals surface area contributed by atoms with Gasteiger partial charge in [-0.1, -0.05) is 36.4 Å². The van der Waals surface area contributed by atoms with Crippen molar-refractivity contribution in [3.05, 3.63) is 71.8 Å². The van der Waals surface area contributed by atoms with Gasteiger partial charge in [0, 0.05) is 6.61 Å². The predicted octanol–water partition coefficient (Wildman–Crippen LogP) is 4.52. The lowest BCUT2D eigenvalue weighted by molar-refractivity contribution is -0.0929. The van der Waals surface area contributed by atoms with E-state index in [0.717, 1.165) is 32.5 Å². The third kappa shape index (κ3) is 4.24. The highest BCUT2D eigenvalue weighted by molar-refractivity contribution is 5.90. The van der Waals surface area contributed by atoms with Crippen molar-refractivity contribution in [1.82, 2.24) is 0 Å². The zero-order valence-electron chi connectivity index (χ0n) is 17.5. The number of hydrogen-bond acceptors (Lipinski definition) is 5. The lowest BCUT2D eigenvalue weighted by Crippen LogP contribution is -2.48. The Morgan fingerprint density at radius 2 is 1.23 bits per heavy atom. The summed E-state index contributed by atoms with van der Waals surface area (Å²) in [5, 5.41) is 0. The Kier molecular flexibility index (Phi) is 5.77. The molecule has 0 amide bonds. The van der Waals surface area contributed by atoms with Gasteiger partial charge in [-0.15, -0.1) is 0 Å². The van der Waals surface area contributed by atoms with E-state index in [1.807, 2.05) is 36.4 Å². The van der Waals surface area contributed by atoms with Crippen LogP contribution in [0.2, 0.25) is 0 Å². The van der Waals surface area contributed by atoms with Crippen molar-refractivity contribution in [1.29, 1.82) is 0 Å². The average Bonchev–Trinajstić information content (AvgIpc) is 3.30. The van der Waals surface area contributed by atoms with E-state index in [1.165, 1.54) is 6.42 Å². The first-order valence-electron chi connectivity index (χ1n) is 11.3. The molecule has 0 bridgehead atoms. The first-order valence-corrected chi connectivity index (χ1v) is 11.3. The lowest BCUT2D eigenvalue weighted by atomic mass is 9.61. The summed E-state index contributed by atoms with van der Waals surface area (Å²) >= 11 is 0. The van der Waals surface area contributed by atoms with Crippen molar-refractivity contribution in [3.8, 4) is 0 Å². The van der Waals surface area contributed by atoms with Crippen molar-refractivity contribution in [2.75, 3.05) is 13.2 Å². The van der Waals surface area contributed by atoms with Crippen LogP contribution in [0.1, 0.15) is 46.4 Å². The van der Waals surface area contributed by atoms with E-state index in [2.05, 4.69) is 0 Å². The van der Waals surface area contributed by atoms with Crippen molar-refractivity contribution in [3.63, 3.8) is 0 Å². The smallest absolute Gasteiger partial charge is 0.338 e. The normalized spacial score (nSPS) is 31.9. The zero-order chi connectivity index (χ0) is 21.2. The van der Waals surface area contributed by atoms with Gasteiger partial charge in [-0.2, -0.15) is 0 Å². The van der Waals surface area contributed by atoms with Crippen LogP contribution in [0.5, 0.6) is 0 Å². The van der Waals surface area contributed by atoms with Gasteiger partial charge in [0.2, 0.25) is 0 Å². The van der Waals surface area contributed by atoms with Gasteiger partial charge in [0.05, 0.1) is 17.7 Å². The maximum atomic E-state index is 12.8. The maximum Gasteiger partial charge on any atom is 0.338 e. The standard InChI is InChI=1S/C26H28O5/c27-25(17-7-3-1-4-8-17)30-23-13-19-11-12-20-15-29-16-22(20)21(19)14-24(23)31-26(28)18-9-5-2-6-10-18/h1-10,19-24H,11-16H2. The summed E-state index contributed by atoms with van der Waals surface area (Å²) in [6.45, 7) is 1.63. The average molecular weight is 421 g/mol. The Balaban J connectivity index is 1.36. The van der Waals surface area contributed by atoms with Gasteiger partial charge in [0.1, 0.15) is 12.2 Å². The van der Waals surface area contributed by atoms with Gasteiger partial charge in [0.15, 0.2) is 0 Å². The van der Waals surface area contributed by atoms with Crippen LogP contribution >= 0.6 is 0 Å². The van der Waals surface area contributed by atoms with Crippen molar-refractivity contribution < 1.29 is 23.8 Å². The second kappa shape index (κ2) is 8.83. The van der Waals surface area contributed by atoms with Crippen molar-refractivity contribution >= 4 is 11.9 Å². The molecule has 2 aromatic rings. The Bertz CT molecular complexity index is 912. The topological polar surface area (TPSA) is 61.8 Å². The highest BCUT2D eigenvalue weighted by atomic mass is 16.6. The summed E-state index contributed by atoms with van der Waals surface area (Å²) in [6, 6.07) is 18.0. The minimum Gasteiger partial charge on any atom is -0.455 e. The molecular formula is C26H28O5. The minimum atomic E-state index is -0.444. The van der Waals surface area contributed by atoms with E-state index in [4.69, 9.17) is 14.2 Å². The van der Waals surface area contributed by atoms with Gasteiger partial charge in [0.25, 0.3) is 0 Å². The molecule has 2 aromatic carbocycles. The summed E-state index contributed by atoms with van der Waals surface area (Å²) in [5.74, 6) is 1.32. The van der Waals surface area contributed by atoms with E-state index < -0.39 is 12.2 Å². The third-order valence-electron chi connectivity index (χ3n) is 7.30. The largest absolute Gasteiger partial charge is 0.455 e. The van der Waals surface area contributed by atoms with Gasteiger partial charge < -0.3 is 14.2 Å². The van der Waals surface area contributed by atoms with Crippen LogP contribution in [0.3, 0.4) is 0 Å². The predicted molar refractivity (Wildman–Crippen MR) is 115 cm³/mol. The molecule has 5 rings (SSSR count). The highest BCUT2D eigenvalue weighted by Gasteiger charge is 2.49. The van der Waals surface area contributed by atoms with E-state index >= 15 is 0 Å². The molecule has 2 saturated carbocycles. The number of fused-ring (bicyclic) bond motifs is 3. The van der Waals surface area contributed by atoms with E-state index in [1.54, 1.807) is 24.3 Å². The van der Waals surface area contributed by atoms with Gasteiger partial charge in [-0.3, -0.25) is 0 Å². The third-order valence-corrected chi connectivity index (χ3v) is 7.30. The Labute approximate surface area is 182 Å². The molecule has 1 heterocycles. The number of ether oxygens (including phenoxy) is 3. The monoisotopic (exact) mass is 420 g/mol. The minimum absolute atomic E-state index is 0.359. The number of benzene rings is 2. The number of esters is 2. The quantitative estimate of drug-likeness (QED) is 0.681. The molecular weight excluding hydrogens is 392 g/mol. The van der Waals surface area contributed by atoms with Gasteiger partial charge in [-0.25, -0.2) is 9.59 Å². The molecule has 1 aliphatic heterocycles. The van der Waals surface area contributed by atoms with Crippen LogP contribution in [-0.4, -0.2) is 37.4 Å². The summed E-state index contributed by atoms with van der Waals surface area (Å²) in [4.78, 5) is 25.6. The fourth-order valence-electron chi connectivity index (χ4n) is 5.72. The molecule has 1 saturated heterocycles. The first-order chi connectivity index (χ1) is 15.2. The molecule has 5 heteroatoms. The maximum absolute atomic E-state index is 12.8. The molecule has 0 radical (unpaired) electrons. The van der Waals surface area contributed by atoms with Crippen LogP contribution in [-0.2, 0) is 14.2 Å². The van der Waals surface area contributed by atoms with Crippen LogP contribution in [0, 0.1) is 23.7 Å². The Morgan fingerprint density at radius 1 is 0.677 bits per heavy atom. The highest BCUT2D eigenvalue weighted by Crippen LogP contribution is 2.49. The second-order valence-corrected chi connectivity index (χ2v) is 9.05.